The maximum absolute atomic E-state index is 10.7. The van der Waals surface area contributed by atoms with Crippen LogP contribution >= 0.6 is 0 Å². The molecule has 0 bridgehead atoms. The molecule has 0 saturated carbocycles. The molecule has 1 aliphatic rings. The van der Waals surface area contributed by atoms with Gasteiger partial charge in [-0.2, -0.15) is 10.1 Å². The number of hydrogen-bond acceptors (Lipinski definition) is 4. The van der Waals surface area contributed by atoms with E-state index in [2.05, 4.69) is 10.6 Å². The van der Waals surface area contributed by atoms with Crippen LogP contribution in [0.1, 0.15) is 0 Å². The van der Waals surface area contributed by atoms with Gasteiger partial charge in [0.25, 0.3) is 0 Å². The number of rotatable bonds is 0. The van der Waals surface area contributed by atoms with Crippen LogP contribution in [-0.4, -0.2) is 17.3 Å². The molecule has 0 aromatic heterocycles. The topological polar surface area (TPSA) is 82.8 Å². The lowest BCUT2D eigenvalue weighted by molar-refractivity contribution is 0.198. The van der Waals surface area contributed by atoms with Gasteiger partial charge < -0.3 is 0 Å². The first-order valence-electron chi connectivity index (χ1n) is 2.60. The molecule has 0 aliphatic carbocycles. The smallest absolute Gasteiger partial charge is 0.274 e. The van der Waals surface area contributed by atoms with Crippen LogP contribution in [0.5, 0.6) is 0 Å². The van der Waals surface area contributed by atoms with Crippen LogP contribution in [0.4, 0.5) is 4.79 Å². The molecule has 2 amide bonds. The first-order chi connectivity index (χ1) is 4.84. The molecule has 0 aromatic rings. The molecule has 4 N–H and O–H groups in total. The van der Waals surface area contributed by atoms with Crippen LogP contribution in [0.2, 0.25) is 0 Å². The molecule has 0 saturated heterocycles. The zero-order chi connectivity index (χ0) is 7.40. The second-order valence-electron chi connectivity index (χ2n) is 1.54. The van der Waals surface area contributed by atoms with Crippen molar-refractivity contribution in [1.29, 1.82) is 0 Å². The molecular formula is C4H7N5O. The summed E-state index contributed by atoms with van der Waals surface area (Å²) >= 11 is 0. The van der Waals surface area contributed by atoms with Crippen molar-refractivity contribution in [2.24, 2.45) is 10.9 Å². The maximum atomic E-state index is 10.7. The Morgan fingerprint density at radius 2 is 2.60 bits per heavy atom. The lowest BCUT2D eigenvalue weighted by Gasteiger charge is -2.17. The van der Waals surface area contributed by atoms with Gasteiger partial charge in [0.05, 0.1) is 6.21 Å². The van der Waals surface area contributed by atoms with Gasteiger partial charge >= 0.3 is 6.03 Å². The summed E-state index contributed by atoms with van der Waals surface area (Å²) in [7, 11) is 0. The Balaban J connectivity index is 2.51. The third kappa shape index (κ3) is 1.23. The minimum Gasteiger partial charge on any atom is -0.274 e. The Morgan fingerprint density at radius 1 is 1.80 bits per heavy atom. The van der Waals surface area contributed by atoms with Crippen LogP contribution in [0, 0.1) is 0 Å². The average molecular weight is 141 g/mol. The Kier molecular flexibility index (Phi) is 1.86. The van der Waals surface area contributed by atoms with E-state index in [-0.39, 0.29) is 0 Å². The van der Waals surface area contributed by atoms with E-state index in [4.69, 9.17) is 5.84 Å². The van der Waals surface area contributed by atoms with Crippen LogP contribution in [0.15, 0.2) is 17.4 Å². The van der Waals surface area contributed by atoms with E-state index < -0.39 is 6.03 Å². The van der Waals surface area contributed by atoms with Crippen molar-refractivity contribution in [3.05, 3.63) is 12.3 Å². The second kappa shape index (κ2) is 2.83. The van der Waals surface area contributed by atoms with E-state index in [0.717, 1.165) is 5.01 Å². The van der Waals surface area contributed by atoms with Gasteiger partial charge in [-0.1, -0.05) is 0 Å². The Labute approximate surface area is 57.3 Å². The number of hydrazone groups is 1. The first kappa shape index (κ1) is 6.56. The van der Waals surface area contributed by atoms with E-state index in [1.54, 1.807) is 6.08 Å². The standard InChI is InChI=1S/C4H7N5O/c5-7-4(10)9-3-1-2-6-8-9/h1-3,8H,5H2,(H,7,10). The van der Waals surface area contributed by atoms with Crippen molar-refractivity contribution in [2.75, 3.05) is 0 Å². The number of nitrogens with zero attached hydrogens (tertiary/aromatic N) is 2. The molecule has 6 nitrogen and oxygen atoms in total. The lowest BCUT2D eigenvalue weighted by atomic mass is 10.6. The van der Waals surface area contributed by atoms with Gasteiger partial charge in [0, 0.05) is 6.20 Å². The predicted molar refractivity (Wildman–Crippen MR) is 35.3 cm³/mol. The van der Waals surface area contributed by atoms with Crippen LogP contribution in [0.25, 0.3) is 0 Å². The molecule has 0 atom stereocenters. The molecule has 1 rings (SSSR count). The van der Waals surface area contributed by atoms with Gasteiger partial charge in [-0.3, -0.25) is 5.43 Å². The summed E-state index contributed by atoms with van der Waals surface area (Å²) < 4.78 is 0. The quantitative estimate of drug-likeness (QED) is 0.227. The SMILES string of the molecule is NNC(=O)N1C=CC=NN1. The first-order valence-corrected chi connectivity index (χ1v) is 2.60. The largest absolute Gasteiger partial charge is 0.355 e. The van der Waals surface area contributed by atoms with Crippen molar-refractivity contribution in [3.8, 4) is 0 Å². The number of allylic oxidation sites excluding steroid dienone is 1. The monoisotopic (exact) mass is 141 g/mol. The summed E-state index contributed by atoms with van der Waals surface area (Å²) in [6.45, 7) is 0. The minimum absolute atomic E-state index is 0.465. The summed E-state index contributed by atoms with van der Waals surface area (Å²) in [5.41, 5.74) is 4.33. The third-order valence-corrected chi connectivity index (χ3v) is 0.903. The molecule has 0 unspecified atom stereocenters. The summed E-state index contributed by atoms with van der Waals surface area (Å²) in [5.74, 6) is 4.84. The number of nitrogens with two attached hydrogens (primary N) is 1. The van der Waals surface area contributed by atoms with Crippen molar-refractivity contribution in [2.45, 2.75) is 0 Å². The van der Waals surface area contributed by atoms with Crippen molar-refractivity contribution >= 4 is 12.2 Å². The van der Waals surface area contributed by atoms with Gasteiger partial charge in [-0.25, -0.2) is 16.2 Å². The number of nitrogens with one attached hydrogen (secondary N) is 2. The van der Waals surface area contributed by atoms with E-state index in [9.17, 15) is 4.79 Å². The summed E-state index contributed by atoms with van der Waals surface area (Å²) in [5, 5.41) is 4.69. The summed E-state index contributed by atoms with van der Waals surface area (Å²) in [6, 6.07) is -0.465. The molecule has 0 radical (unpaired) electrons. The zero-order valence-electron chi connectivity index (χ0n) is 5.11. The molecule has 10 heavy (non-hydrogen) atoms. The fourth-order valence-corrected chi connectivity index (χ4v) is 0.479. The van der Waals surface area contributed by atoms with Gasteiger partial charge in [0.2, 0.25) is 0 Å². The third-order valence-electron chi connectivity index (χ3n) is 0.903. The molecule has 54 valence electrons. The summed E-state index contributed by atoms with van der Waals surface area (Å²) in [6.07, 6.45) is 4.61. The number of carbonyl (C=O) groups excluding carboxylic acids is 1. The normalized spacial score (nSPS) is 14.7. The second-order valence-corrected chi connectivity index (χ2v) is 1.54. The average Bonchev–Trinajstić information content (AvgIpc) is 2.05. The van der Waals surface area contributed by atoms with E-state index >= 15 is 0 Å². The predicted octanol–water partition coefficient (Wildman–Crippen LogP) is -1.11. The highest BCUT2D eigenvalue weighted by Crippen LogP contribution is 1.88. The number of urea groups is 1. The molecule has 6 heteroatoms. The number of hydrogen-bond donors (Lipinski definition) is 3. The lowest BCUT2D eigenvalue weighted by Crippen LogP contribution is -2.46. The Morgan fingerprint density at radius 3 is 3.10 bits per heavy atom. The number of amides is 2. The van der Waals surface area contributed by atoms with Gasteiger partial charge in [0.15, 0.2) is 0 Å². The van der Waals surface area contributed by atoms with Crippen LogP contribution in [-0.2, 0) is 0 Å². The molecule has 0 fully saturated rings. The number of hydrazine groups is 2. The van der Waals surface area contributed by atoms with Crippen LogP contribution < -0.4 is 16.8 Å². The summed E-state index contributed by atoms with van der Waals surface area (Å²) in [4.78, 5) is 10.7. The number of carbonyl (C=O) groups is 1. The van der Waals surface area contributed by atoms with E-state index in [1.807, 2.05) is 5.43 Å². The molecule has 0 aromatic carbocycles. The maximum Gasteiger partial charge on any atom is 0.355 e. The molecule has 1 heterocycles. The zero-order valence-corrected chi connectivity index (χ0v) is 5.11. The Hall–Kier alpha value is -1.56. The molecule has 1 aliphatic heterocycles. The van der Waals surface area contributed by atoms with Crippen molar-refractivity contribution in [1.82, 2.24) is 16.0 Å². The van der Waals surface area contributed by atoms with Crippen molar-refractivity contribution < 1.29 is 4.79 Å². The van der Waals surface area contributed by atoms with E-state index in [1.165, 1.54) is 12.4 Å². The fourth-order valence-electron chi connectivity index (χ4n) is 0.479. The highest BCUT2D eigenvalue weighted by molar-refractivity contribution is 5.78. The van der Waals surface area contributed by atoms with Gasteiger partial charge in [-0.15, -0.1) is 0 Å². The van der Waals surface area contributed by atoms with Gasteiger partial charge in [-0.05, 0) is 6.08 Å². The highest BCUT2D eigenvalue weighted by Gasteiger charge is 2.07. The van der Waals surface area contributed by atoms with Crippen molar-refractivity contribution in [3.63, 3.8) is 0 Å². The fraction of sp³-hybridized carbons (Fsp3) is 0. The minimum atomic E-state index is -0.465. The molecular weight excluding hydrogens is 134 g/mol. The molecule has 0 spiro atoms. The Bertz CT molecular complexity index is 186. The van der Waals surface area contributed by atoms with E-state index in [0.29, 0.717) is 0 Å². The van der Waals surface area contributed by atoms with Gasteiger partial charge in [0.1, 0.15) is 0 Å². The van der Waals surface area contributed by atoms with Crippen LogP contribution in [0.3, 0.4) is 0 Å². The highest BCUT2D eigenvalue weighted by atomic mass is 16.2.